The molecular formula is C14H15N3O3. The highest BCUT2D eigenvalue weighted by Gasteiger charge is 2.33. The third-order valence-electron chi connectivity index (χ3n) is 3.86. The molecule has 2 atom stereocenters. The minimum Gasteiger partial charge on any atom is -0.481 e. The lowest BCUT2D eigenvalue weighted by atomic mass is 10.0. The zero-order valence-electron chi connectivity index (χ0n) is 10.8. The fourth-order valence-corrected chi connectivity index (χ4v) is 2.71. The lowest BCUT2D eigenvalue weighted by molar-refractivity contribution is -0.141. The maximum Gasteiger partial charge on any atom is 0.306 e. The molecule has 2 aromatic rings. The Kier molecular flexibility index (Phi) is 3.14. The van der Waals surface area contributed by atoms with E-state index in [0.717, 1.165) is 10.9 Å². The molecule has 1 amide bonds. The van der Waals surface area contributed by atoms with Crippen molar-refractivity contribution in [1.82, 2.24) is 10.2 Å². The van der Waals surface area contributed by atoms with Gasteiger partial charge in [0.1, 0.15) is 0 Å². The standard InChI is InChI=1S/C14H15N3O3/c18-13(8-1-2-9(5-8)14(19)20)16-11-3-4-12-10(6-11)7-15-17-12/h3-4,6-9H,1-2,5H2,(H,15,17)(H,16,18)(H,19,20). The summed E-state index contributed by atoms with van der Waals surface area (Å²) < 4.78 is 0. The van der Waals surface area contributed by atoms with Gasteiger partial charge in [0.05, 0.1) is 17.6 Å². The fraction of sp³-hybridized carbons (Fsp3) is 0.357. The lowest BCUT2D eigenvalue weighted by Crippen LogP contribution is -2.21. The van der Waals surface area contributed by atoms with Crippen molar-refractivity contribution < 1.29 is 14.7 Å². The molecule has 2 unspecified atom stereocenters. The van der Waals surface area contributed by atoms with Crippen LogP contribution in [0, 0.1) is 11.8 Å². The van der Waals surface area contributed by atoms with E-state index in [-0.39, 0.29) is 17.7 Å². The van der Waals surface area contributed by atoms with Crippen LogP contribution in [0.3, 0.4) is 0 Å². The number of aromatic nitrogens is 2. The topological polar surface area (TPSA) is 95.1 Å². The van der Waals surface area contributed by atoms with E-state index in [0.29, 0.717) is 24.9 Å². The van der Waals surface area contributed by atoms with Gasteiger partial charge in [-0.05, 0) is 37.5 Å². The molecule has 6 heteroatoms. The number of carbonyl (C=O) groups excluding carboxylic acids is 1. The molecule has 1 aromatic heterocycles. The molecule has 3 rings (SSSR count). The van der Waals surface area contributed by atoms with Gasteiger partial charge >= 0.3 is 5.97 Å². The first-order valence-corrected chi connectivity index (χ1v) is 6.60. The highest BCUT2D eigenvalue weighted by Crippen LogP contribution is 2.32. The van der Waals surface area contributed by atoms with Crippen molar-refractivity contribution in [3.05, 3.63) is 24.4 Å². The number of H-pyrrole nitrogens is 1. The predicted molar refractivity (Wildman–Crippen MR) is 73.2 cm³/mol. The number of anilines is 1. The van der Waals surface area contributed by atoms with Gasteiger partial charge in [-0.25, -0.2) is 0 Å². The molecule has 1 aliphatic rings. The Morgan fingerprint density at radius 2 is 2.10 bits per heavy atom. The van der Waals surface area contributed by atoms with Crippen molar-refractivity contribution in [2.24, 2.45) is 11.8 Å². The van der Waals surface area contributed by atoms with Crippen LogP contribution >= 0.6 is 0 Å². The summed E-state index contributed by atoms with van der Waals surface area (Å²) in [7, 11) is 0. The van der Waals surface area contributed by atoms with E-state index < -0.39 is 5.97 Å². The van der Waals surface area contributed by atoms with Crippen molar-refractivity contribution in [1.29, 1.82) is 0 Å². The van der Waals surface area contributed by atoms with Crippen LogP contribution in [0.15, 0.2) is 24.4 Å². The third-order valence-corrected chi connectivity index (χ3v) is 3.86. The predicted octanol–water partition coefficient (Wildman–Crippen LogP) is 2.00. The van der Waals surface area contributed by atoms with Gasteiger partial charge in [0.25, 0.3) is 0 Å². The van der Waals surface area contributed by atoms with Crippen LogP contribution in [0.2, 0.25) is 0 Å². The van der Waals surface area contributed by atoms with Gasteiger partial charge in [0.2, 0.25) is 5.91 Å². The molecule has 3 N–H and O–H groups in total. The summed E-state index contributed by atoms with van der Waals surface area (Å²) in [6, 6.07) is 5.51. The monoisotopic (exact) mass is 273 g/mol. The van der Waals surface area contributed by atoms with E-state index >= 15 is 0 Å². The van der Waals surface area contributed by atoms with Crippen molar-refractivity contribution >= 4 is 28.5 Å². The zero-order chi connectivity index (χ0) is 14.1. The molecule has 1 saturated carbocycles. The maximum atomic E-state index is 12.1. The summed E-state index contributed by atoms with van der Waals surface area (Å²) >= 11 is 0. The average molecular weight is 273 g/mol. The first-order valence-electron chi connectivity index (χ1n) is 6.60. The molecule has 0 aliphatic heterocycles. The number of carbonyl (C=O) groups is 2. The number of fused-ring (bicyclic) bond motifs is 1. The van der Waals surface area contributed by atoms with Crippen molar-refractivity contribution in [2.45, 2.75) is 19.3 Å². The van der Waals surface area contributed by atoms with Crippen LogP contribution in [-0.2, 0) is 9.59 Å². The normalized spacial score (nSPS) is 22.0. The van der Waals surface area contributed by atoms with E-state index in [1.165, 1.54) is 0 Å². The van der Waals surface area contributed by atoms with Crippen LogP contribution in [0.5, 0.6) is 0 Å². The largest absolute Gasteiger partial charge is 0.481 e. The van der Waals surface area contributed by atoms with Crippen LogP contribution in [0.25, 0.3) is 10.9 Å². The quantitative estimate of drug-likeness (QED) is 0.797. The van der Waals surface area contributed by atoms with Crippen molar-refractivity contribution in [3.63, 3.8) is 0 Å². The zero-order valence-corrected chi connectivity index (χ0v) is 10.8. The highest BCUT2D eigenvalue weighted by molar-refractivity contribution is 5.95. The minimum absolute atomic E-state index is 0.100. The molecule has 6 nitrogen and oxygen atoms in total. The van der Waals surface area contributed by atoms with Crippen LogP contribution in [-0.4, -0.2) is 27.2 Å². The van der Waals surface area contributed by atoms with E-state index in [4.69, 9.17) is 5.11 Å². The Labute approximate surface area is 115 Å². The van der Waals surface area contributed by atoms with Gasteiger partial charge in [0.15, 0.2) is 0 Å². The molecule has 0 spiro atoms. The van der Waals surface area contributed by atoms with E-state index in [9.17, 15) is 9.59 Å². The van der Waals surface area contributed by atoms with Gasteiger partial charge < -0.3 is 10.4 Å². The molecule has 104 valence electrons. The van der Waals surface area contributed by atoms with Crippen LogP contribution in [0.1, 0.15) is 19.3 Å². The second kappa shape index (κ2) is 4.96. The highest BCUT2D eigenvalue weighted by atomic mass is 16.4. The van der Waals surface area contributed by atoms with Gasteiger partial charge in [-0.3, -0.25) is 14.7 Å². The summed E-state index contributed by atoms with van der Waals surface area (Å²) in [4.78, 5) is 23.0. The molecule has 0 radical (unpaired) electrons. The summed E-state index contributed by atoms with van der Waals surface area (Å²) in [5, 5.41) is 19.5. The van der Waals surface area contributed by atoms with Gasteiger partial charge in [-0.15, -0.1) is 0 Å². The second-order valence-electron chi connectivity index (χ2n) is 5.21. The number of nitrogens with zero attached hydrogens (tertiary/aromatic N) is 1. The lowest BCUT2D eigenvalue weighted by Gasteiger charge is -2.10. The number of nitrogens with one attached hydrogen (secondary N) is 2. The molecule has 0 bridgehead atoms. The first kappa shape index (κ1) is 12.7. The Morgan fingerprint density at radius 1 is 1.30 bits per heavy atom. The number of benzene rings is 1. The molecule has 1 fully saturated rings. The smallest absolute Gasteiger partial charge is 0.306 e. The van der Waals surface area contributed by atoms with Gasteiger partial charge in [0, 0.05) is 17.0 Å². The fourth-order valence-electron chi connectivity index (χ4n) is 2.71. The molecule has 0 saturated heterocycles. The van der Waals surface area contributed by atoms with E-state index in [2.05, 4.69) is 15.5 Å². The minimum atomic E-state index is -0.805. The Bertz CT molecular complexity index is 664. The summed E-state index contributed by atoms with van der Waals surface area (Å²) in [6.07, 6.45) is 3.33. The van der Waals surface area contributed by atoms with Gasteiger partial charge in [-0.1, -0.05) is 0 Å². The second-order valence-corrected chi connectivity index (χ2v) is 5.21. The summed E-state index contributed by atoms with van der Waals surface area (Å²) in [5.41, 5.74) is 1.62. The van der Waals surface area contributed by atoms with E-state index in [1.807, 2.05) is 18.2 Å². The molecular weight excluding hydrogens is 258 g/mol. The maximum absolute atomic E-state index is 12.1. The summed E-state index contributed by atoms with van der Waals surface area (Å²) in [5.74, 6) is -1.50. The van der Waals surface area contributed by atoms with Crippen LogP contribution in [0.4, 0.5) is 5.69 Å². The average Bonchev–Trinajstić information content (AvgIpc) is 3.07. The molecule has 1 aliphatic carbocycles. The number of carboxylic acids is 1. The van der Waals surface area contributed by atoms with Crippen LogP contribution < -0.4 is 5.32 Å². The van der Waals surface area contributed by atoms with Crippen molar-refractivity contribution in [3.8, 4) is 0 Å². The van der Waals surface area contributed by atoms with Crippen molar-refractivity contribution in [2.75, 3.05) is 5.32 Å². The molecule has 1 aromatic carbocycles. The summed E-state index contributed by atoms with van der Waals surface area (Å²) in [6.45, 7) is 0. The van der Waals surface area contributed by atoms with E-state index in [1.54, 1.807) is 6.20 Å². The number of aromatic amines is 1. The molecule has 1 heterocycles. The van der Waals surface area contributed by atoms with Gasteiger partial charge in [-0.2, -0.15) is 5.10 Å². The Hall–Kier alpha value is -2.37. The number of aliphatic carboxylic acids is 1. The first-order chi connectivity index (χ1) is 9.63. The molecule has 20 heavy (non-hydrogen) atoms. The number of carboxylic acid groups (broad SMARTS) is 1. The number of amides is 1. The number of rotatable bonds is 3. The SMILES string of the molecule is O=C(O)C1CCC(C(=O)Nc2ccc3[nH]ncc3c2)C1. The number of hydrogen-bond acceptors (Lipinski definition) is 3. The number of hydrogen-bond donors (Lipinski definition) is 3. The third kappa shape index (κ3) is 2.36. The Balaban J connectivity index is 1.68. The Morgan fingerprint density at radius 3 is 2.85 bits per heavy atom.